The molecule has 2 rings (SSSR count). The van der Waals surface area contributed by atoms with Gasteiger partial charge in [-0.05, 0) is 24.3 Å². The minimum Gasteiger partial charge on any atom is -0.355 e. The van der Waals surface area contributed by atoms with Gasteiger partial charge in [-0.15, -0.1) is 0 Å². The Balaban J connectivity index is 1.90. The first-order chi connectivity index (χ1) is 10.4. The highest BCUT2D eigenvalue weighted by Crippen LogP contribution is 2.19. The molecule has 0 aliphatic carbocycles. The molecule has 122 valence electrons. The van der Waals surface area contributed by atoms with Crippen LogP contribution in [0, 0.1) is 0 Å². The van der Waals surface area contributed by atoms with Gasteiger partial charge in [0.1, 0.15) is 0 Å². The Labute approximate surface area is 136 Å². The fraction of sp³-hybridized carbons (Fsp3) is 0.500. The lowest BCUT2D eigenvalue weighted by Gasteiger charge is -2.33. The lowest BCUT2D eigenvalue weighted by atomic mass is 10.3. The molecular weight excluding hydrogens is 326 g/mol. The molecule has 1 aromatic rings. The second-order valence-corrected chi connectivity index (χ2v) is 7.56. The number of halogens is 1. The van der Waals surface area contributed by atoms with Gasteiger partial charge < -0.3 is 5.32 Å². The van der Waals surface area contributed by atoms with Crippen molar-refractivity contribution in [3.63, 3.8) is 0 Å². The molecule has 0 saturated carbocycles. The van der Waals surface area contributed by atoms with Crippen LogP contribution in [-0.4, -0.2) is 62.8 Å². The topological polar surface area (TPSA) is 69.7 Å². The molecular formula is C14H20ClN3O3S. The number of sulfonamides is 1. The van der Waals surface area contributed by atoms with Crippen molar-refractivity contribution in [3.8, 4) is 0 Å². The van der Waals surface area contributed by atoms with Crippen molar-refractivity contribution in [1.29, 1.82) is 0 Å². The second-order valence-electron chi connectivity index (χ2n) is 5.18. The minimum absolute atomic E-state index is 0.0519. The average molecular weight is 346 g/mol. The van der Waals surface area contributed by atoms with E-state index in [2.05, 4.69) is 10.2 Å². The summed E-state index contributed by atoms with van der Waals surface area (Å²) in [7, 11) is -3.46. The van der Waals surface area contributed by atoms with E-state index in [1.165, 1.54) is 23.4 Å². The second kappa shape index (κ2) is 7.41. The third kappa shape index (κ3) is 4.42. The Hall–Kier alpha value is -1.15. The SMILES string of the molecule is CC(=O)NCCN1CCN(S(=O)(=O)c2ccc(Cl)cc2)CC1. The molecule has 0 atom stereocenters. The fourth-order valence-electron chi connectivity index (χ4n) is 2.34. The quantitative estimate of drug-likeness (QED) is 0.856. The number of carbonyl (C=O) groups excluding carboxylic acids is 1. The molecule has 8 heteroatoms. The van der Waals surface area contributed by atoms with Crippen molar-refractivity contribution in [1.82, 2.24) is 14.5 Å². The highest BCUT2D eigenvalue weighted by atomic mass is 35.5. The van der Waals surface area contributed by atoms with Crippen LogP contribution in [0.4, 0.5) is 0 Å². The maximum absolute atomic E-state index is 12.5. The normalized spacial score (nSPS) is 17.4. The van der Waals surface area contributed by atoms with Gasteiger partial charge in [0.15, 0.2) is 0 Å². The van der Waals surface area contributed by atoms with Gasteiger partial charge in [-0.1, -0.05) is 11.6 Å². The molecule has 1 amide bonds. The van der Waals surface area contributed by atoms with E-state index < -0.39 is 10.0 Å². The van der Waals surface area contributed by atoms with Gasteiger partial charge >= 0.3 is 0 Å². The van der Waals surface area contributed by atoms with Crippen LogP contribution in [-0.2, 0) is 14.8 Å². The van der Waals surface area contributed by atoms with Crippen molar-refractivity contribution < 1.29 is 13.2 Å². The Kier molecular flexibility index (Phi) is 5.80. The first kappa shape index (κ1) is 17.2. The third-order valence-electron chi connectivity index (χ3n) is 3.58. The van der Waals surface area contributed by atoms with Gasteiger partial charge in [0.25, 0.3) is 0 Å². The zero-order chi connectivity index (χ0) is 16.2. The molecule has 22 heavy (non-hydrogen) atoms. The van der Waals surface area contributed by atoms with Gasteiger partial charge in [0, 0.05) is 51.2 Å². The van der Waals surface area contributed by atoms with Crippen LogP contribution in [0.3, 0.4) is 0 Å². The van der Waals surface area contributed by atoms with Crippen LogP contribution >= 0.6 is 11.6 Å². The van der Waals surface area contributed by atoms with E-state index in [0.717, 1.165) is 6.54 Å². The molecule has 1 fully saturated rings. The number of hydrogen-bond acceptors (Lipinski definition) is 4. The first-order valence-electron chi connectivity index (χ1n) is 7.12. The Morgan fingerprint density at radius 1 is 1.18 bits per heavy atom. The molecule has 0 bridgehead atoms. The van der Waals surface area contributed by atoms with Crippen LogP contribution in [0.5, 0.6) is 0 Å². The minimum atomic E-state index is -3.46. The summed E-state index contributed by atoms with van der Waals surface area (Å²) < 4.78 is 26.5. The van der Waals surface area contributed by atoms with Crippen LogP contribution in [0.1, 0.15) is 6.92 Å². The predicted molar refractivity (Wildman–Crippen MR) is 85.3 cm³/mol. The Bertz CT molecular complexity index is 611. The number of rotatable bonds is 5. The van der Waals surface area contributed by atoms with E-state index in [1.807, 2.05) is 0 Å². The largest absolute Gasteiger partial charge is 0.355 e. The van der Waals surface area contributed by atoms with Crippen molar-refractivity contribution in [3.05, 3.63) is 29.3 Å². The summed E-state index contributed by atoms with van der Waals surface area (Å²) in [5, 5.41) is 3.26. The predicted octanol–water partition coefficient (Wildman–Crippen LogP) is 0.782. The summed E-state index contributed by atoms with van der Waals surface area (Å²) in [5.41, 5.74) is 0. The number of amides is 1. The summed E-state index contributed by atoms with van der Waals surface area (Å²) in [6, 6.07) is 6.22. The molecule has 6 nitrogen and oxygen atoms in total. The summed E-state index contributed by atoms with van der Waals surface area (Å²) in [4.78, 5) is 13.2. The highest BCUT2D eigenvalue weighted by molar-refractivity contribution is 7.89. The van der Waals surface area contributed by atoms with Crippen LogP contribution in [0.25, 0.3) is 0 Å². The molecule has 1 heterocycles. The molecule has 1 aliphatic rings. The van der Waals surface area contributed by atoms with Gasteiger partial charge in [-0.25, -0.2) is 8.42 Å². The number of nitrogens with one attached hydrogen (secondary N) is 1. The van der Waals surface area contributed by atoms with E-state index in [9.17, 15) is 13.2 Å². The van der Waals surface area contributed by atoms with Gasteiger partial charge in [-0.2, -0.15) is 4.31 Å². The summed E-state index contributed by atoms with van der Waals surface area (Å²) in [6.07, 6.45) is 0. The number of nitrogens with zero attached hydrogens (tertiary/aromatic N) is 2. The highest BCUT2D eigenvalue weighted by Gasteiger charge is 2.28. The van der Waals surface area contributed by atoms with Crippen LogP contribution in [0.15, 0.2) is 29.2 Å². The molecule has 0 unspecified atom stereocenters. The first-order valence-corrected chi connectivity index (χ1v) is 8.94. The Morgan fingerprint density at radius 2 is 1.77 bits per heavy atom. The van der Waals surface area contributed by atoms with E-state index in [1.54, 1.807) is 12.1 Å². The number of piperazine rings is 1. The number of benzene rings is 1. The van der Waals surface area contributed by atoms with Crippen molar-refractivity contribution in [2.75, 3.05) is 39.3 Å². The van der Waals surface area contributed by atoms with Crippen LogP contribution in [0.2, 0.25) is 5.02 Å². The molecule has 0 radical (unpaired) electrons. The standard InChI is InChI=1S/C14H20ClN3O3S/c1-12(19)16-6-7-17-8-10-18(11-9-17)22(20,21)14-4-2-13(15)3-5-14/h2-5H,6-11H2,1H3,(H,16,19). The molecule has 1 N–H and O–H groups in total. The van der Waals surface area contributed by atoms with E-state index in [0.29, 0.717) is 37.7 Å². The monoisotopic (exact) mass is 345 g/mol. The molecule has 0 spiro atoms. The van der Waals surface area contributed by atoms with E-state index >= 15 is 0 Å². The third-order valence-corrected chi connectivity index (χ3v) is 5.75. The summed E-state index contributed by atoms with van der Waals surface area (Å²) >= 11 is 5.79. The lowest BCUT2D eigenvalue weighted by Crippen LogP contribution is -2.50. The lowest BCUT2D eigenvalue weighted by molar-refractivity contribution is -0.119. The molecule has 1 aliphatic heterocycles. The number of carbonyl (C=O) groups is 1. The van der Waals surface area contributed by atoms with Crippen LogP contribution < -0.4 is 5.32 Å². The van der Waals surface area contributed by atoms with Crippen molar-refractivity contribution in [2.24, 2.45) is 0 Å². The number of hydrogen-bond donors (Lipinski definition) is 1. The van der Waals surface area contributed by atoms with Crippen molar-refractivity contribution in [2.45, 2.75) is 11.8 Å². The van der Waals surface area contributed by atoms with Gasteiger partial charge in [0.2, 0.25) is 15.9 Å². The summed E-state index contributed by atoms with van der Waals surface area (Å²) in [5.74, 6) is -0.0519. The smallest absolute Gasteiger partial charge is 0.243 e. The molecule has 1 saturated heterocycles. The molecule has 1 aromatic carbocycles. The maximum atomic E-state index is 12.5. The summed E-state index contributed by atoms with van der Waals surface area (Å²) in [6.45, 7) is 5.01. The zero-order valence-corrected chi connectivity index (χ0v) is 14.0. The van der Waals surface area contributed by atoms with E-state index in [-0.39, 0.29) is 10.8 Å². The molecule has 0 aromatic heterocycles. The van der Waals surface area contributed by atoms with Gasteiger partial charge in [-0.3, -0.25) is 9.69 Å². The fourth-order valence-corrected chi connectivity index (χ4v) is 3.89. The van der Waals surface area contributed by atoms with E-state index in [4.69, 9.17) is 11.6 Å². The average Bonchev–Trinajstić information content (AvgIpc) is 2.48. The van der Waals surface area contributed by atoms with Gasteiger partial charge in [0.05, 0.1) is 4.90 Å². The Morgan fingerprint density at radius 3 is 2.32 bits per heavy atom. The zero-order valence-electron chi connectivity index (χ0n) is 12.5. The van der Waals surface area contributed by atoms with Crippen molar-refractivity contribution >= 4 is 27.5 Å². The maximum Gasteiger partial charge on any atom is 0.243 e.